The van der Waals surface area contributed by atoms with Crippen LogP contribution in [0.3, 0.4) is 0 Å². The van der Waals surface area contributed by atoms with Crippen molar-refractivity contribution in [1.29, 1.82) is 0 Å². The van der Waals surface area contributed by atoms with Gasteiger partial charge < -0.3 is 4.74 Å². The maximum absolute atomic E-state index is 12.6. The molecule has 4 nitrogen and oxygen atoms in total. The minimum Gasteiger partial charge on any atom is -0.379 e. The Morgan fingerprint density at radius 1 is 1.15 bits per heavy atom. The van der Waals surface area contributed by atoms with Crippen molar-refractivity contribution in [3.05, 3.63) is 34.8 Å². The molecule has 1 aliphatic carbocycles. The Labute approximate surface area is 121 Å². The van der Waals surface area contributed by atoms with Crippen LogP contribution in [0.25, 0.3) is 0 Å². The molecule has 5 heteroatoms. The van der Waals surface area contributed by atoms with E-state index in [9.17, 15) is 8.42 Å². The SMILES string of the molecule is CC(C)(C)C1=CC=C(S(=O)(=O)N2CCOCC2)CC=C1. The molecule has 0 bridgehead atoms. The summed E-state index contributed by atoms with van der Waals surface area (Å²) in [7, 11) is -3.36. The van der Waals surface area contributed by atoms with Crippen LogP contribution in [-0.4, -0.2) is 39.0 Å². The summed E-state index contributed by atoms with van der Waals surface area (Å²) in [5.74, 6) is 0. The first-order valence-electron chi connectivity index (χ1n) is 6.97. The molecule has 1 aliphatic heterocycles. The summed E-state index contributed by atoms with van der Waals surface area (Å²) < 4.78 is 31.9. The lowest BCUT2D eigenvalue weighted by Crippen LogP contribution is -2.41. The summed E-state index contributed by atoms with van der Waals surface area (Å²) >= 11 is 0. The van der Waals surface area contributed by atoms with E-state index in [1.165, 1.54) is 4.31 Å². The molecule has 0 radical (unpaired) electrons. The van der Waals surface area contributed by atoms with Crippen molar-refractivity contribution in [2.45, 2.75) is 27.2 Å². The lowest BCUT2D eigenvalue weighted by molar-refractivity contribution is 0.0734. The Balaban J connectivity index is 2.26. The molecule has 1 fully saturated rings. The number of morpholine rings is 1. The van der Waals surface area contributed by atoms with Crippen molar-refractivity contribution >= 4 is 10.0 Å². The summed E-state index contributed by atoms with van der Waals surface area (Å²) in [4.78, 5) is 0.468. The van der Waals surface area contributed by atoms with E-state index in [0.29, 0.717) is 37.6 Å². The largest absolute Gasteiger partial charge is 0.379 e. The van der Waals surface area contributed by atoms with Crippen molar-refractivity contribution < 1.29 is 13.2 Å². The van der Waals surface area contributed by atoms with E-state index in [4.69, 9.17) is 4.74 Å². The van der Waals surface area contributed by atoms with Gasteiger partial charge in [0.25, 0.3) is 0 Å². The molecule has 0 aromatic rings. The summed E-state index contributed by atoms with van der Waals surface area (Å²) in [6.07, 6.45) is 8.10. The second-order valence-electron chi connectivity index (χ2n) is 6.13. The smallest absolute Gasteiger partial charge is 0.239 e. The van der Waals surface area contributed by atoms with Crippen molar-refractivity contribution in [1.82, 2.24) is 4.31 Å². The lowest BCUT2D eigenvalue weighted by Gasteiger charge is -2.26. The van der Waals surface area contributed by atoms with Crippen LogP contribution in [0.2, 0.25) is 0 Å². The number of hydrogen-bond donors (Lipinski definition) is 0. The van der Waals surface area contributed by atoms with Gasteiger partial charge in [-0.1, -0.05) is 39.0 Å². The fourth-order valence-electron chi connectivity index (χ4n) is 2.25. The minimum atomic E-state index is -3.36. The highest BCUT2D eigenvalue weighted by Crippen LogP contribution is 2.30. The lowest BCUT2D eigenvalue weighted by atomic mass is 9.86. The molecule has 20 heavy (non-hydrogen) atoms. The zero-order chi connectivity index (χ0) is 14.8. The van der Waals surface area contributed by atoms with Crippen molar-refractivity contribution in [2.24, 2.45) is 5.41 Å². The van der Waals surface area contributed by atoms with Crippen LogP contribution in [0.1, 0.15) is 27.2 Å². The fourth-order valence-corrected chi connectivity index (χ4v) is 3.76. The van der Waals surface area contributed by atoms with Gasteiger partial charge >= 0.3 is 0 Å². The van der Waals surface area contributed by atoms with Gasteiger partial charge in [0.2, 0.25) is 10.0 Å². The number of ether oxygens (including phenoxy) is 1. The van der Waals surface area contributed by atoms with E-state index in [-0.39, 0.29) is 5.41 Å². The van der Waals surface area contributed by atoms with Gasteiger partial charge in [-0.15, -0.1) is 0 Å². The highest BCUT2D eigenvalue weighted by molar-refractivity contribution is 7.93. The van der Waals surface area contributed by atoms with Crippen LogP contribution in [-0.2, 0) is 14.8 Å². The molecule has 0 N–H and O–H groups in total. The first kappa shape index (κ1) is 15.5. The molecule has 112 valence electrons. The maximum Gasteiger partial charge on any atom is 0.239 e. The van der Waals surface area contributed by atoms with Crippen LogP contribution in [0.5, 0.6) is 0 Å². The Kier molecular flexibility index (Phi) is 4.52. The number of allylic oxidation sites excluding steroid dienone is 6. The molecule has 0 atom stereocenters. The molecule has 2 rings (SSSR count). The van der Waals surface area contributed by atoms with E-state index < -0.39 is 10.0 Å². The zero-order valence-electron chi connectivity index (χ0n) is 12.4. The molecular formula is C15H23NO3S. The van der Waals surface area contributed by atoms with E-state index >= 15 is 0 Å². The van der Waals surface area contributed by atoms with Crippen molar-refractivity contribution in [3.8, 4) is 0 Å². The summed E-state index contributed by atoms with van der Waals surface area (Å²) in [6.45, 7) is 8.21. The third-order valence-corrected chi connectivity index (χ3v) is 5.58. The second kappa shape index (κ2) is 5.84. The fraction of sp³-hybridized carbons (Fsp3) is 0.600. The first-order chi connectivity index (χ1) is 9.32. The molecule has 0 aromatic heterocycles. The minimum absolute atomic E-state index is 0.0190. The summed E-state index contributed by atoms with van der Waals surface area (Å²) in [5.41, 5.74) is 1.16. The van der Waals surface area contributed by atoms with Gasteiger partial charge in [0, 0.05) is 19.5 Å². The molecule has 0 unspecified atom stereocenters. The third kappa shape index (κ3) is 3.40. The van der Waals surface area contributed by atoms with E-state index in [2.05, 4.69) is 20.8 Å². The van der Waals surface area contributed by atoms with E-state index in [1.54, 1.807) is 6.08 Å². The van der Waals surface area contributed by atoms with Gasteiger partial charge in [0.15, 0.2) is 0 Å². The predicted octanol–water partition coefficient (Wildman–Crippen LogP) is 2.46. The number of hydrogen-bond acceptors (Lipinski definition) is 3. The van der Waals surface area contributed by atoms with Gasteiger partial charge in [0.1, 0.15) is 0 Å². The van der Waals surface area contributed by atoms with Gasteiger partial charge in [0.05, 0.1) is 18.1 Å². The Morgan fingerprint density at radius 2 is 1.80 bits per heavy atom. The molecule has 0 aromatic carbocycles. The second-order valence-corrected chi connectivity index (χ2v) is 8.12. The Hall–Kier alpha value is -0.910. The van der Waals surface area contributed by atoms with Gasteiger partial charge in [-0.05, 0) is 17.1 Å². The Morgan fingerprint density at radius 3 is 2.40 bits per heavy atom. The van der Waals surface area contributed by atoms with Gasteiger partial charge in [-0.2, -0.15) is 4.31 Å². The molecule has 1 saturated heterocycles. The number of sulfonamides is 1. The topological polar surface area (TPSA) is 46.6 Å². The van der Waals surface area contributed by atoms with Crippen molar-refractivity contribution in [2.75, 3.05) is 26.3 Å². The quantitative estimate of drug-likeness (QED) is 0.786. The van der Waals surface area contributed by atoms with Crippen LogP contribution in [0.15, 0.2) is 34.8 Å². The molecule has 0 amide bonds. The molecule has 2 aliphatic rings. The first-order valence-corrected chi connectivity index (χ1v) is 8.41. The highest BCUT2D eigenvalue weighted by atomic mass is 32.2. The van der Waals surface area contributed by atoms with E-state index in [1.807, 2.05) is 18.2 Å². The van der Waals surface area contributed by atoms with E-state index in [0.717, 1.165) is 5.57 Å². The summed E-state index contributed by atoms with van der Waals surface area (Å²) in [5, 5.41) is 0. The molecular weight excluding hydrogens is 274 g/mol. The zero-order valence-corrected chi connectivity index (χ0v) is 13.2. The summed E-state index contributed by atoms with van der Waals surface area (Å²) in [6, 6.07) is 0. The average Bonchev–Trinajstić information content (AvgIpc) is 2.65. The molecule has 1 heterocycles. The average molecular weight is 297 g/mol. The van der Waals surface area contributed by atoms with Gasteiger partial charge in [-0.3, -0.25) is 0 Å². The highest BCUT2D eigenvalue weighted by Gasteiger charge is 2.28. The van der Waals surface area contributed by atoms with Crippen LogP contribution in [0.4, 0.5) is 0 Å². The molecule has 0 saturated carbocycles. The van der Waals surface area contributed by atoms with Gasteiger partial charge in [-0.25, -0.2) is 8.42 Å². The third-order valence-electron chi connectivity index (χ3n) is 3.57. The predicted molar refractivity (Wildman–Crippen MR) is 80.7 cm³/mol. The standard InChI is InChI=1S/C15H23NO3S/c1-15(2,3)13-5-4-6-14(8-7-13)20(17,18)16-9-11-19-12-10-16/h4-5,7-8H,6,9-12H2,1-3H3. The number of rotatable bonds is 2. The Bertz CT molecular complexity index is 544. The monoisotopic (exact) mass is 297 g/mol. The van der Waals surface area contributed by atoms with Crippen molar-refractivity contribution in [3.63, 3.8) is 0 Å². The van der Waals surface area contributed by atoms with Crippen LogP contribution in [0, 0.1) is 5.41 Å². The maximum atomic E-state index is 12.6. The normalized spacial score (nSPS) is 22.1. The van der Waals surface area contributed by atoms with Crippen LogP contribution >= 0.6 is 0 Å². The van der Waals surface area contributed by atoms with Crippen LogP contribution < -0.4 is 0 Å². The molecule has 0 spiro atoms. The number of nitrogens with zero attached hydrogens (tertiary/aromatic N) is 1.